The van der Waals surface area contributed by atoms with Gasteiger partial charge in [-0.15, -0.1) is 0 Å². The van der Waals surface area contributed by atoms with Gasteiger partial charge in [0.2, 0.25) is 11.5 Å². The Morgan fingerprint density at radius 2 is 1.71 bits per heavy atom. The zero-order valence-electron chi connectivity index (χ0n) is 25.3. The van der Waals surface area contributed by atoms with Crippen LogP contribution in [0.3, 0.4) is 0 Å². The molecule has 1 N–H and O–H groups in total. The number of halogens is 6. The molecule has 252 valence electrons. The number of amides is 1. The molecule has 9 nitrogen and oxygen atoms in total. The highest BCUT2D eigenvalue weighted by Gasteiger charge is 2.42. The fraction of sp³-hybridized carbons (Fsp3) is 0.333. The smallest absolute Gasteiger partial charge is 0.420 e. The van der Waals surface area contributed by atoms with E-state index in [0.29, 0.717) is 55.1 Å². The van der Waals surface area contributed by atoms with Crippen LogP contribution in [0.2, 0.25) is 5.02 Å². The molecule has 2 unspecified atom stereocenters. The third kappa shape index (κ3) is 7.29. The van der Waals surface area contributed by atoms with Crippen molar-refractivity contribution in [2.75, 3.05) is 49.1 Å². The van der Waals surface area contributed by atoms with Crippen molar-refractivity contribution in [2.45, 2.75) is 31.0 Å². The van der Waals surface area contributed by atoms with Gasteiger partial charge in [0, 0.05) is 68.9 Å². The van der Waals surface area contributed by atoms with Gasteiger partial charge in [-0.2, -0.15) is 18.2 Å². The third-order valence-electron chi connectivity index (χ3n) is 8.44. The zero-order chi connectivity index (χ0) is 34.2. The number of aliphatic hydroxyl groups excluding tert-OH is 1. The Morgan fingerprint density at radius 3 is 2.35 bits per heavy atom. The highest BCUT2D eigenvalue weighted by molar-refractivity contribution is 6.30. The van der Waals surface area contributed by atoms with Gasteiger partial charge >= 0.3 is 6.18 Å². The maximum atomic E-state index is 13.9. The number of anilines is 2. The maximum Gasteiger partial charge on any atom is 0.437 e. The Hall–Kier alpha value is -4.56. The normalized spacial score (nSPS) is 17.6. The van der Waals surface area contributed by atoms with Crippen LogP contribution in [-0.2, 0) is 17.4 Å². The Labute approximate surface area is 276 Å². The molecule has 48 heavy (non-hydrogen) atoms. The molecule has 0 aliphatic carbocycles. The number of aromatic nitrogens is 2. The van der Waals surface area contributed by atoms with Crippen LogP contribution in [0.25, 0.3) is 0 Å². The quantitative estimate of drug-likeness (QED) is 0.182. The summed E-state index contributed by atoms with van der Waals surface area (Å²) in [5.74, 6) is -3.75. The molecule has 4 aromatic rings. The number of nitrogens with zero attached hydrogens (tertiary/aromatic N) is 5. The summed E-state index contributed by atoms with van der Waals surface area (Å²) in [6.45, 7) is 1.79. The number of oxazole rings is 1. The number of aliphatic hydroxyl groups is 1. The molecule has 2 saturated heterocycles. The minimum Gasteiger partial charge on any atom is -0.420 e. The second-order valence-corrected chi connectivity index (χ2v) is 12.1. The standard InChI is InChI=1S/C33H29ClF5N5O4/c34-23-3-1-2-20(13-23)21-6-7-44(18-21)32-41-30(33(37,38)39)29(48-32)26(45)12-19-4-5-27(40-17-19)42-8-10-43(11-9-42)31(47)28(46)22-14-24(35)16-25(36)15-22/h1-5,13-17,21,28,46H,6-12,18H2. The van der Waals surface area contributed by atoms with E-state index >= 15 is 0 Å². The van der Waals surface area contributed by atoms with Gasteiger partial charge in [0.25, 0.3) is 11.9 Å². The Balaban J connectivity index is 1.07. The van der Waals surface area contributed by atoms with Crippen molar-refractivity contribution in [1.82, 2.24) is 14.9 Å². The number of carbonyl (C=O) groups excluding carboxylic acids is 2. The first kappa shape index (κ1) is 33.3. The van der Waals surface area contributed by atoms with Gasteiger partial charge in [-0.25, -0.2) is 13.8 Å². The van der Waals surface area contributed by atoms with Gasteiger partial charge < -0.3 is 24.2 Å². The van der Waals surface area contributed by atoms with Crippen LogP contribution in [0.5, 0.6) is 0 Å². The van der Waals surface area contributed by atoms with Crippen molar-refractivity contribution in [3.63, 3.8) is 0 Å². The van der Waals surface area contributed by atoms with Gasteiger partial charge in [-0.3, -0.25) is 9.59 Å². The minimum absolute atomic E-state index is 0.00917. The maximum absolute atomic E-state index is 13.9. The van der Waals surface area contributed by atoms with Crippen molar-refractivity contribution in [1.29, 1.82) is 0 Å². The lowest BCUT2D eigenvalue weighted by molar-refractivity contribution is -0.142. The van der Waals surface area contributed by atoms with E-state index in [-0.39, 0.29) is 30.6 Å². The average Bonchev–Trinajstić information content (AvgIpc) is 3.73. The zero-order valence-corrected chi connectivity index (χ0v) is 26.0. The molecule has 0 saturated carbocycles. The molecule has 6 rings (SSSR count). The molecule has 2 fully saturated rings. The molecular weight excluding hydrogens is 661 g/mol. The molecule has 1 amide bonds. The van der Waals surface area contributed by atoms with Crippen LogP contribution in [0.15, 0.2) is 65.2 Å². The highest BCUT2D eigenvalue weighted by Crippen LogP contribution is 2.37. The number of carbonyl (C=O) groups is 2. The summed E-state index contributed by atoms with van der Waals surface area (Å²) in [6, 6.07) is 12.6. The van der Waals surface area contributed by atoms with E-state index in [1.165, 1.54) is 11.1 Å². The van der Waals surface area contributed by atoms with E-state index in [2.05, 4.69) is 9.97 Å². The molecule has 0 bridgehead atoms. The number of rotatable bonds is 8. The summed E-state index contributed by atoms with van der Waals surface area (Å²) >= 11 is 6.10. The molecule has 0 spiro atoms. The number of pyridine rings is 1. The summed E-state index contributed by atoms with van der Waals surface area (Å²) in [4.78, 5) is 38.7. The molecule has 2 aromatic carbocycles. The second kappa shape index (κ2) is 13.5. The van der Waals surface area contributed by atoms with Crippen LogP contribution < -0.4 is 9.80 Å². The van der Waals surface area contributed by atoms with Crippen LogP contribution >= 0.6 is 11.6 Å². The van der Waals surface area contributed by atoms with Crippen molar-refractivity contribution in [3.05, 3.63) is 106 Å². The number of piperazine rings is 1. The van der Waals surface area contributed by atoms with E-state index in [9.17, 15) is 36.6 Å². The third-order valence-corrected chi connectivity index (χ3v) is 8.68. The topological polar surface area (TPSA) is 103 Å². The monoisotopic (exact) mass is 689 g/mol. The molecule has 2 atom stereocenters. The molecule has 15 heteroatoms. The van der Waals surface area contributed by atoms with E-state index in [0.717, 1.165) is 17.7 Å². The number of hydrogen-bond donors (Lipinski definition) is 1. The molecule has 4 heterocycles. The van der Waals surface area contributed by atoms with E-state index < -0.39 is 53.5 Å². The Morgan fingerprint density at radius 1 is 0.979 bits per heavy atom. The van der Waals surface area contributed by atoms with Crippen LogP contribution in [-0.4, -0.2) is 70.9 Å². The predicted molar refractivity (Wildman–Crippen MR) is 165 cm³/mol. The van der Waals surface area contributed by atoms with E-state index in [4.69, 9.17) is 16.0 Å². The Bertz CT molecular complexity index is 1790. The van der Waals surface area contributed by atoms with Crippen molar-refractivity contribution in [3.8, 4) is 0 Å². The van der Waals surface area contributed by atoms with Gasteiger partial charge in [0.15, 0.2) is 11.8 Å². The summed E-state index contributed by atoms with van der Waals surface area (Å²) in [6.07, 6.45) is -5.01. The van der Waals surface area contributed by atoms with Gasteiger partial charge in [0.1, 0.15) is 17.5 Å². The number of hydrogen-bond acceptors (Lipinski definition) is 8. The molecule has 0 radical (unpaired) electrons. The van der Waals surface area contributed by atoms with Crippen LogP contribution in [0, 0.1) is 11.6 Å². The SMILES string of the molecule is O=C(Cc1ccc(N2CCN(C(=O)C(O)c3cc(F)cc(F)c3)CC2)nc1)c1oc(N2CCC(c3cccc(Cl)c3)C2)nc1C(F)(F)F. The van der Waals surface area contributed by atoms with E-state index in [1.807, 2.05) is 23.1 Å². The fourth-order valence-electron chi connectivity index (χ4n) is 5.97. The lowest BCUT2D eigenvalue weighted by atomic mass is 9.99. The summed E-state index contributed by atoms with van der Waals surface area (Å²) in [5, 5.41) is 10.9. The average molecular weight is 690 g/mol. The lowest BCUT2D eigenvalue weighted by Crippen LogP contribution is -2.50. The molecule has 2 aromatic heterocycles. The summed E-state index contributed by atoms with van der Waals surface area (Å²) in [7, 11) is 0. The largest absolute Gasteiger partial charge is 0.437 e. The van der Waals surface area contributed by atoms with Gasteiger partial charge in [-0.1, -0.05) is 29.8 Å². The van der Waals surface area contributed by atoms with Crippen LogP contribution in [0.1, 0.15) is 51.4 Å². The summed E-state index contributed by atoms with van der Waals surface area (Å²) in [5.41, 5.74) is -0.253. The number of benzene rings is 2. The molecule has 2 aliphatic heterocycles. The number of Topliss-reactive ketones (excluding diaryl/α,β-unsaturated/α-hetero) is 1. The second-order valence-electron chi connectivity index (χ2n) is 11.7. The van der Waals surface area contributed by atoms with Gasteiger partial charge in [-0.05, 0) is 53.4 Å². The van der Waals surface area contributed by atoms with Gasteiger partial charge in [0.05, 0.1) is 0 Å². The summed E-state index contributed by atoms with van der Waals surface area (Å²) < 4.78 is 74.4. The first-order valence-corrected chi connectivity index (χ1v) is 15.5. The first-order chi connectivity index (χ1) is 22.9. The van der Waals surface area contributed by atoms with Crippen LogP contribution in [0.4, 0.5) is 33.8 Å². The Kier molecular flexibility index (Phi) is 9.39. The highest BCUT2D eigenvalue weighted by atomic mass is 35.5. The predicted octanol–water partition coefficient (Wildman–Crippen LogP) is 5.82. The fourth-order valence-corrected chi connectivity index (χ4v) is 6.17. The first-order valence-electron chi connectivity index (χ1n) is 15.1. The molecule has 2 aliphatic rings. The number of ketones is 1. The van der Waals surface area contributed by atoms with Crippen molar-refractivity contribution in [2.24, 2.45) is 0 Å². The minimum atomic E-state index is -4.91. The van der Waals surface area contributed by atoms with Crippen molar-refractivity contribution >= 4 is 35.1 Å². The van der Waals surface area contributed by atoms with E-state index in [1.54, 1.807) is 23.1 Å². The number of alkyl halides is 3. The lowest BCUT2D eigenvalue weighted by Gasteiger charge is -2.36. The van der Waals surface area contributed by atoms with Crippen molar-refractivity contribution < 1.29 is 41.1 Å². The molecular formula is C33H29ClF5N5O4.